The van der Waals surface area contributed by atoms with Crippen molar-refractivity contribution in [2.24, 2.45) is 0 Å². The Morgan fingerprint density at radius 3 is 2.47 bits per heavy atom. The average molecular weight is 212 g/mol. The van der Waals surface area contributed by atoms with Crippen molar-refractivity contribution in [1.29, 1.82) is 0 Å². The Kier molecular flexibility index (Phi) is 3.38. The number of aryl methyl sites for hydroxylation is 1. The number of halogens is 1. The number of carboxylic acids is 2. The minimum atomic E-state index is -1.38. The molecule has 0 heterocycles. The molecule has 0 aliphatic heterocycles. The number of carboxylic acid groups (broad SMARTS) is 2. The van der Waals surface area contributed by atoms with E-state index in [0.29, 0.717) is 0 Å². The van der Waals surface area contributed by atoms with Gasteiger partial charge in [0.2, 0.25) is 0 Å². The Labute approximate surface area is 85.0 Å². The SMILES string of the molecule is O=C(O)CCc1cccc(F)c1C(=O)O. The van der Waals surface area contributed by atoms with E-state index in [1.54, 1.807) is 0 Å². The van der Waals surface area contributed by atoms with E-state index in [-0.39, 0.29) is 18.4 Å². The molecule has 1 aromatic rings. The van der Waals surface area contributed by atoms with Crippen LogP contribution >= 0.6 is 0 Å². The monoisotopic (exact) mass is 212 g/mol. The van der Waals surface area contributed by atoms with Gasteiger partial charge >= 0.3 is 11.9 Å². The maximum atomic E-state index is 13.1. The third-order valence-electron chi connectivity index (χ3n) is 1.92. The molecule has 0 spiro atoms. The lowest BCUT2D eigenvalue weighted by molar-refractivity contribution is -0.136. The molecule has 0 saturated carbocycles. The summed E-state index contributed by atoms with van der Waals surface area (Å²) in [5.41, 5.74) is -0.247. The maximum absolute atomic E-state index is 13.1. The molecule has 15 heavy (non-hydrogen) atoms. The predicted octanol–water partition coefficient (Wildman–Crippen LogP) is 1.54. The fourth-order valence-electron chi connectivity index (χ4n) is 1.26. The van der Waals surface area contributed by atoms with Gasteiger partial charge < -0.3 is 10.2 Å². The summed E-state index contributed by atoms with van der Waals surface area (Å²) in [5, 5.41) is 17.2. The van der Waals surface area contributed by atoms with Crippen molar-refractivity contribution in [2.45, 2.75) is 12.8 Å². The van der Waals surface area contributed by atoms with Gasteiger partial charge in [-0.1, -0.05) is 12.1 Å². The summed E-state index contributed by atoms with van der Waals surface area (Å²) in [6.45, 7) is 0. The summed E-state index contributed by atoms with van der Waals surface area (Å²) in [5.74, 6) is -3.27. The lowest BCUT2D eigenvalue weighted by atomic mass is 10.0. The van der Waals surface area contributed by atoms with Crippen molar-refractivity contribution in [3.05, 3.63) is 35.1 Å². The van der Waals surface area contributed by atoms with Crippen molar-refractivity contribution in [3.8, 4) is 0 Å². The number of hydrogen-bond donors (Lipinski definition) is 2. The molecular weight excluding hydrogens is 203 g/mol. The highest BCUT2D eigenvalue weighted by atomic mass is 19.1. The van der Waals surface area contributed by atoms with Crippen LogP contribution in [-0.2, 0) is 11.2 Å². The standard InChI is InChI=1S/C10H9FO4/c11-7-3-1-2-6(4-5-8(12)13)9(7)10(14)15/h1-3H,4-5H2,(H,12,13)(H,14,15). The summed E-state index contributed by atoms with van der Waals surface area (Å²) in [6, 6.07) is 3.81. The molecule has 4 nitrogen and oxygen atoms in total. The summed E-state index contributed by atoms with van der Waals surface area (Å²) in [7, 11) is 0. The Balaban J connectivity index is 3.01. The highest BCUT2D eigenvalue weighted by Gasteiger charge is 2.15. The van der Waals surface area contributed by atoms with Gasteiger partial charge in [-0.05, 0) is 18.1 Å². The fraction of sp³-hybridized carbons (Fsp3) is 0.200. The molecule has 0 aliphatic rings. The first-order valence-electron chi connectivity index (χ1n) is 4.25. The van der Waals surface area contributed by atoms with E-state index in [0.717, 1.165) is 6.07 Å². The number of carbonyl (C=O) groups is 2. The van der Waals surface area contributed by atoms with Gasteiger partial charge in [-0.25, -0.2) is 9.18 Å². The third kappa shape index (κ3) is 2.77. The second kappa shape index (κ2) is 4.54. The van der Waals surface area contributed by atoms with Crippen molar-refractivity contribution < 1.29 is 24.2 Å². The lowest BCUT2D eigenvalue weighted by Gasteiger charge is -2.04. The topological polar surface area (TPSA) is 74.6 Å². The van der Waals surface area contributed by atoms with E-state index in [2.05, 4.69) is 0 Å². The third-order valence-corrected chi connectivity index (χ3v) is 1.92. The van der Waals surface area contributed by atoms with Gasteiger partial charge in [-0.3, -0.25) is 4.79 Å². The fourth-order valence-corrected chi connectivity index (χ4v) is 1.26. The highest BCUT2D eigenvalue weighted by Crippen LogP contribution is 2.15. The van der Waals surface area contributed by atoms with Crippen LogP contribution in [0.1, 0.15) is 22.3 Å². The molecule has 0 fully saturated rings. The molecule has 0 saturated heterocycles. The first-order valence-corrected chi connectivity index (χ1v) is 4.25. The first-order chi connectivity index (χ1) is 7.02. The number of benzene rings is 1. The summed E-state index contributed by atoms with van der Waals surface area (Å²) in [6.07, 6.45) is -0.210. The van der Waals surface area contributed by atoms with Crippen LogP contribution in [0.15, 0.2) is 18.2 Å². The van der Waals surface area contributed by atoms with E-state index >= 15 is 0 Å². The van der Waals surface area contributed by atoms with Crippen molar-refractivity contribution in [2.75, 3.05) is 0 Å². The van der Waals surface area contributed by atoms with Crippen LogP contribution < -0.4 is 0 Å². The van der Waals surface area contributed by atoms with E-state index in [9.17, 15) is 14.0 Å². The molecule has 0 aliphatic carbocycles. The van der Waals surface area contributed by atoms with Crippen LogP contribution in [0, 0.1) is 5.82 Å². The molecule has 0 bridgehead atoms. The summed E-state index contributed by atoms with van der Waals surface area (Å²) in [4.78, 5) is 21.0. The lowest BCUT2D eigenvalue weighted by Crippen LogP contribution is -2.07. The van der Waals surface area contributed by atoms with Crippen LogP contribution in [0.3, 0.4) is 0 Å². The van der Waals surface area contributed by atoms with Gasteiger partial charge in [0.1, 0.15) is 5.82 Å². The molecule has 0 radical (unpaired) electrons. The number of aliphatic carboxylic acids is 1. The van der Waals surface area contributed by atoms with Crippen molar-refractivity contribution >= 4 is 11.9 Å². The van der Waals surface area contributed by atoms with E-state index in [1.807, 2.05) is 0 Å². The number of aromatic carboxylic acids is 1. The van der Waals surface area contributed by atoms with E-state index < -0.39 is 23.3 Å². The smallest absolute Gasteiger partial charge is 0.338 e. The van der Waals surface area contributed by atoms with Gasteiger partial charge in [-0.2, -0.15) is 0 Å². The Hall–Kier alpha value is -1.91. The molecule has 80 valence electrons. The van der Waals surface area contributed by atoms with Gasteiger partial charge in [-0.15, -0.1) is 0 Å². The van der Waals surface area contributed by atoms with E-state index in [1.165, 1.54) is 12.1 Å². The van der Waals surface area contributed by atoms with Gasteiger partial charge in [0.15, 0.2) is 0 Å². The summed E-state index contributed by atoms with van der Waals surface area (Å²) >= 11 is 0. The largest absolute Gasteiger partial charge is 0.481 e. The molecular formula is C10H9FO4. The minimum Gasteiger partial charge on any atom is -0.481 e. The highest BCUT2D eigenvalue weighted by molar-refractivity contribution is 5.89. The zero-order valence-electron chi connectivity index (χ0n) is 7.74. The normalized spacial score (nSPS) is 9.93. The van der Waals surface area contributed by atoms with Gasteiger partial charge in [0.25, 0.3) is 0 Å². The minimum absolute atomic E-state index is 0.00866. The Morgan fingerprint density at radius 2 is 1.93 bits per heavy atom. The van der Waals surface area contributed by atoms with Gasteiger partial charge in [0.05, 0.1) is 5.56 Å². The molecule has 5 heteroatoms. The molecule has 1 rings (SSSR count). The predicted molar refractivity (Wildman–Crippen MR) is 49.3 cm³/mol. The van der Waals surface area contributed by atoms with Crippen molar-refractivity contribution in [3.63, 3.8) is 0 Å². The quantitative estimate of drug-likeness (QED) is 0.793. The maximum Gasteiger partial charge on any atom is 0.338 e. The van der Waals surface area contributed by atoms with Crippen LogP contribution in [0.2, 0.25) is 0 Å². The molecule has 1 aromatic carbocycles. The van der Waals surface area contributed by atoms with Crippen LogP contribution in [0.5, 0.6) is 0 Å². The van der Waals surface area contributed by atoms with Crippen LogP contribution in [0.25, 0.3) is 0 Å². The zero-order chi connectivity index (χ0) is 11.4. The summed E-state index contributed by atoms with van der Waals surface area (Å²) < 4.78 is 13.1. The van der Waals surface area contributed by atoms with Crippen LogP contribution in [0.4, 0.5) is 4.39 Å². The second-order valence-corrected chi connectivity index (χ2v) is 2.97. The van der Waals surface area contributed by atoms with Crippen LogP contribution in [-0.4, -0.2) is 22.2 Å². The average Bonchev–Trinajstić information content (AvgIpc) is 2.13. The molecule has 0 unspecified atom stereocenters. The Morgan fingerprint density at radius 1 is 1.27 bits per heavy atom. The van der Waals surface area contributed by atoms with Gasteiger partial charge in [0, 0.05) is 6.42 Å². The number of rotatable bonds is 4. The molecule has 0 aromatic heterocycles. The van der Waals surface area contributed by atoms with Crippen molar-refractivity contribution in [1.82, 2.24) is 0 Å². The first kappa shape index (κ1) is 11.2. The number of hydrogen-bond acceptors (Lipinski definition) is 2. The zero-order valence-corrected chi connectivity index (χ0v) is 7.74. The molecule has 0 atom stereocenters. The van der Waals surface area contributed by atoms with E-state index in [4.69, 9.17) is 10.2 Å². The Bertz CT molecular complexity index is 400. The molecule has 0 amide bonds. The molecule has 2 N–H and O–H groups in total. The second-order valence-electron chi connectivity index (χ2n) is 2.97.